The summed E-state index contributed by atoms with van der Waals surface area (Å²) in [5.74, 6) is 0.191. The van der Waals surface area contributed by atoms with Gasteiger partial charge in [0, 0.05) is 12.6 Å². The van der Waals surface area contributed by atoms with E-state index in [4.69, 9.17) is 0 Å². The maximum atomic E-state index is 12.0. The van der Waals surface area contributed by atoms with Crippen molar-refractivity contribution in [2.45, 2.75) is 51.1 Å². The van der Waals surface area contributed by atoms with Crippen LogP contribution < -0.4 is 10.6 Å². The number of rotatable bonds is 4. The summed E-state index contributed by atoms with van der Waals surface area (Å²) >= 11 is 0. The van der Waals surface area contributed by atoms with E-state index >= 15 is 0 Å². The van der Waals surface area contributed by atoms with Gasteiger partial charge < -0.3 is 15.5 Å². The topological polar surface area (TPSA) is 44.4 Å². The molecule has 0 saturated carbocycles. The Balaban J connectivity index is 1.69. The second-order valence-electron chi connectivity index (χ2n) is 5.42. The lowest BCUT2D eigenvalue weighted by Crippen LogP contribution is -2.51. The van der Waals surface area contributed by atoms with Crippen LogP contribution in [0.3, 0.4) is 0 Å². The Morgan fingerprint density at radius 1 is 1.35 bits per heavy atom. The van der Waals surface area contributed by atoms with Crippen LogP contribution in [0.5, 0.6) is 0 Å². The fourth-order valence-electron chi connectivity index (χ4n) is 2.82. The molecule has 0 aromatic rings. The zero-order chi connectivity index (χ0) is 12.1. The number of piperidine rings is 1. The van der Waals surface area contributed by atoms with Crippen molar-refractivity contribution in [3.05, 3.63) is 0 Å². The Labute approximate surface area is 104 Å². The molecule has 0 radical (unpaired) electrons. The van der Waals surface area contributed by atoms with E-state index in [1.165, 1.54) is 38.8 Å². The van der Waals surface area contributed by atoms with E-state index in [-0.39, 0.29) is 18.0 Å². The van der Waals surface area contributed by atoms with E-state index in [1.54, 1.807) is 0 Å². The molecule has 4 nitrogen and oxygen atoms in total. The van der Waals surface area contributed by atoms with Crippen LogP contribution >= 0.6 is 0 Å². The standard InChI is InChI=1S/C13H25N3O/c1-11(10-16-8-4-5-9-16)15-13(17)12-6-2-3-7-14-12/h11-12,14H,2-10H2,1H3,(H,15,17). The number of hydrogen-bond donors (Lipinski definition) is 2. The Bertz CT molecular complexity index is 245. The molecule has 17 heavy (non-hydrogen) atoms. The van der Waals surface area contributed by atoms with Gasteiger partial charge >= 0.3 is 0 Å². The van der Waals surface area contributed by atoms with Crippen molar-refractivity contribution in [2.75, 3.05) is 26.2 Å². The fraction of sp³-hybridized carbons (Fsp3) is 0.923. The van der Waals surface area contributed by atoms with E-state index in [2.05, 4.69) is 22.5 Å². The molecule has 2 atom stereocenters. The number of likely N-dealkylation sites (tertiary alicyclic amines) is 1. The van der Waals surface area contributed by atoms with Crippen molar-refractivity contribution in [3.8, 4) is 0 Å². The van der Waals surface area contributed by atoms with Crippen LogP contribution in [0.25, 0.3) is 0 Å². The highest BCUT2D eigenvalue weighted by atomic mass is 16.2. The molecular weight excluding hydrogens is 214 g/mol. The van der Waals surface area contributed by atoms with Crippen molar-refractivity contribution in [3.63, 3.8) is 0 Å². The summed E-state index contributed by atoms with van der Waals surface area (Å²) in [5.41, 5.74) is 0. The first-order valence-corrected chi connectivity index (χ1v) is 7.02. The molecule has 0 bridgehead atoms. The van der Waals surface area contributed by atoms with Crippen LogP contribution in [0.4, 0.5) is 0 Å². The molecule has 2 N–H and O–H groups in total. The predicted octanol–water partition coefficient (Wildman–Crippen LogP) is 0.729. The first-order valence-electron chi connectivity index (χ1n) is 7.02. The van der Waals surface area contributed by atoms with Gasteiger partial charge in [0.15, 0.2) is 0 Å². The van der Waals surface area contributed by atoms with E-state index in [1.807, 2.05) is 0 Å². The van der Waals surface area contributed by atoms with Crippen LogP contribution in [-0.2, 0) is 4.79 Å². The zero-order valence-corrected chi connectivity index (χ0v) is 10.9. The molecule has 0 aromatic heterocycles. The molecule has 1 amide bonds. The summed E-state index contributed by atoms with van der Waals surface area (Å²) < 4.78 is 0. The van der Waals surface area contributed by atoms with Crippen molar-refractivity contribution >= 4 is 5.91 Å². The highest BCUT2D eigenvalue weighted by Gasteiger charge is 2.22. The number of amides is 1. The summed E-state index contributed by atoms with van der Waals surface area (Å²) in [7, 11) is 0. The van der Waals surface area contributed by atoms with E-state index in [0.29, 0.717) is 0 Å². The van der Waals surface area contributed by atoms with Gasteiger partial charge in [0.1, 0.15) is 0 Å². The van der Waals surface area contributed by atoms with Gasteiger partial charge in [0.2, 0.25) is 5.91 Å². The van der Waals surface area contributed by atoms with Crippen LogP contribution in [0.2, 0.25) is 0 Å². The fourth-order valence-corrected chi connectivity index (χ4v) is 2.82. The van der Waals surface area contributed by atoms with Crippen LogP contribution in [0.1, 0.15) is 39.0 Å². The number of carbonyl (C=O) groups excluding carboxylic acids is 1. The van der Waals surface area contributed by atoms with E-state index in [9.17, 15) is 4.79 Å². The van der Waals surface area contributed by atoms with Crippen molar-refractivity contribution in [1.82, 2.24) is 15.5 Å². The van der Waals surface area contributed by atoms with Crippen molar-refractivity contribution in [1.29, 1.82) is 0 Å². The lowest BCUT2D eigenvalue weighted by molar-refractivity contribution is -0.124. The molecule has 4 heteroatoms. The molecule has 2 aliphatic rings. The molecule has 2 saturated heterocycles. The summed E-state index contributed by atoms with van der Waals surface area (Å²) in [6.07, 6.45) is 5.98. The molecule has 0 aliphatic carbocycles. The highest BCUT2D eigenvalue weighted by molar-refractivity contribution is 5.82. The number of nitrogens with zero attached hydrogens (tertiary/aromatic N) is 1. The van der Waals surface area contributed by atoms with Gasteiger partial charge in [-0.3, -0.25) is 4.79 Å². The van der Waals surface area contributed by atoms with Gasteiger partial charge in [-0.1, -0.05) is 6.42 Å². The molecule has 2 heterocycles. The van der Waals surface area contributed by atoms with Crippen LogP contribution in [0, 0.1) is 0 Å². The first kappa shape index (κ1) is 12.8. The summed E-state index contributed by atoms with van der Waals surface area (Å²) in [5, 5.41) is 6.43. The number of hydrogen-bond acceptors (Lipinski definition) is 3. The molecular formula is C13H25N3O. The van der Waals surface area contributed by atoms with Crippen molar-refractivity contribution in [2.24, 2.45) is 0 Å². The predicted molar refractivity (Wildman–Crippen MR) is 68.9 cm³/mol. The maximum Gasteiger partial charge on any atom is 0.237 e. The third-order valence-electron chi connectivity index (χ3n) is 3.75. The Hall–Kier alpha value is -0.610. The van der Waals surface area contributed by atoms with Gasteiger partial charge in [0.25, 0.3) is 0 Å². The number of carbonyl (C=O) groups is 1. The van der Waals surface area contributed by atoms with Gasteiger partial charge in [-0.25, -0.2) is 0 Å². The first-order chi connectivity index (χ1) is 8.25. The second kappa shape index (κ2) is 6.36. The molecule has 2 fully saturated rings. The van der Waals surface area contributed by atoms with Gasteiger partial charge in [0.05, 0.1) is 6.04 Å². The lowest BCUT2D eigenvalue weighted by atomic mass is 10.0. The van der Waals surface area contributed by atoms with Crippen LogP contribution in [-0.4, -0.2) is 49.1 Å². The monoisotopic (exact) mass is 239 g/mol. The van der Waals surface area contributed by atoms with Crippen LogP contribution in [0.15, 0.2) is 0 Å². The molecule has 2 unspecified atom stereocenters. The minimum absolute atomic E-state index is 0.0461. The summed E-state index contributed by atoms with van der Waals surface area (Å²) in [6.45, 7) is 6.49. The highest BCUT2D eigenvalue weighted by Crippen LogP contribution is 2.09. The normalized spacial score (nSPS) is 27.9. The second-order valence-corrected chi connectivity index (χ2v) is 5.42. The smallest absolute Gasteiger partial charge is 0.237 e. The average Bonchev–Trinajstić information content (AvgIpc) is 2.82. The SMILES string of the molecule is CC(CN1CCCC1)NC(=O)C1CCCCN1. The Kier molecular flexibility index (Phi) is 4.80. The Morgan fingerprint density at radius 2 is 2.12 bits per heavy atom. The molecule has 0 spiro atoms. The van der Waals surface area contributed by atoms with E-state index in [0.717, 1.165) is 19.5 Å². The summed E-state index contributed by atoms with van der Waals surface area (Å²) in [6, 6.07) is 0.314. The quantitative estimate of drug-likeness (QED) is 0.760. The summed E-state index contributed by atoms with van der Waals surface area (Å²) in [4.78, 5) is 14.4. The molecule has 0 aromatic carbocycles. The van der Waals surface area contributed by atoms with Gasteiger partial charge in [-0.2, -0.15) is 0 Å². The third-order valence-corrected chi connectivity index (χ3v) is 3.75. The minimum Gasteiger partial charge on any atom is -0.351 e. The van der Waals surface area contributed by atoms with Crippen molar-refractivity contribution < 1.29 is 4.79 Å². The van der Waals surface area contributed by atoms with Gasteiger partial charge in [-0.15, -0.1) is 0 Å². The average molecular weight is 239 g/mol. The maximum absolute atomic E-state index is 12.0. The third kappa shape index (κ3) is 3.96. The zero-order valence-electron chi connectivity index (χ0n) is 10.9. The largest absolute Gasteiger partial charge is 0.351 e. The lowest BCUT2D eigenvalue weighted by Gasteiger charge is -2.26. The molecule has 2 aliphatic heterocycles. The van der Waals surface area contributed by atoms with Gasteiger partial charge in [-0.05, 0) is 52.2 Å². The van der Waals surface area contributed by atoms with E-state index < -0.39 is 0 Å². The number of nitrogens with one attached hydrogen (secondary N) is 2. The molecule has 2 rings (SSSR count). The molecule has 98 valence electrons. The minimum atomic E-state index is 0.0461. The Morgan fingerprint density at radius 3 is 2.76 bits per heavy atom.